The summed E-state index contributed by atoms with van der Waals surface area (Å²) in [6.45, 7) is 0. The van der Waals surface area contributed by atoms with Crippen LogP contribution < -0.4 is 5.73 Å². The lowest BCUT2D eigenvalue weighted by atomic mass is 10.0. The number of hydrogen-bond donors (Lipinski definition) is 1. The normalized spacial score (nSPS) is 11.0. The highest BCUT2D eigenvalue weighted by Crippen LogP contribution is 2.26. The molecule has 0 radical (unpaired) electrons. The van der Waals surface area contributed by atoms with Crippen LogP contribution in [0.4, 0.5) is 10.1 Å². The minimum Gasteiger partial charge on any atom is -0.396 e. The monoisotopic (exact) mass is 302 g/mol. The number of ketones is 1. The summed E-state index contributed by atoms with van der Waals surface area (Å²) in [7, 11) is 1.83. The molecule has 106 valence electrons. The van der Waals surface area contributed by atoms with E-state index in [1.807, 2.05) is 11.6 Å². The maximum absolute atomic E-state index is 13.5. The van der Waals surface area contributed by atoms with Crippen LogP contribution >= 0.6 is 11.6 Å². The molecule has 0 unspecified atom stereocenters. The van der Waals surface area contributed by atoms with Crippen LogP contribution in [0.2, 0.25) is 5.02 Å². The third-order valence-electron chi connectivity index (χ3n) is 3.46. The van der Waals surface area contributed by atoms with Gasteiger partial charge in [-0.3, -0.25) is 4.79 Å². The molecule has 0 saturated carbocycles. The van der Waals surface area contributed by atoms with E-state index in [4.69, 9.17) is 17.3 Å². The van der Waals surface area contributed by atoms with Crippen molar-refractivity contribution in [1.29, 1.82) is 0 Å². The van der Waals surface area contributed by atoms with Crippen LogP contribution in [0.1, 0.15) is 15.9 Å². The standard InChI is InChI=1S/C16H12ClFN2O/c1-20-8-12(11-4-3-10(17)7-15(11)20)16(21)9-2-5-14(19)13(18)6-9/h2-8H,19H2,1H3. The topological polar surface area (TPSA) is 48.0 Å². The van der Waals surface area contributed by atoms with Gasteiger partial charge in [-0.2, -0.15) is 0 Å². The third kappa shape index (κ3) is 2.28. The Labute approximate surface area is 125 Å². The summed E-state index contributed by atoms with van der Waals surface area (Å²) in [4.78, 5) is 12.6. The van der Waals surface area contributed by atoms with E-state index in [0.717, 1.165) is 17.0 Å². The van der Waals surface area contributed by atoms with Gasteiger partial charge in [0.15, 0.2) is 5.78 Å². The highest BCUT2D eigenvalue weighted by molar-refractivity contribution is 6.31. The number of halogens is 2. The summed E-state index contributed by atoms with van der Waals surface area (Å²) in [5, 5.41) is 1.38. The molecule has 2 N–H and O–H groups in total. The van der Waals surface area contributed by atoms with Crippen molar-refractivity contribution >= 4 is 34.0 Å². The maximum atomic E-state index is 13.5. The molecule has 0 aliphatic heterocycles. The zero-order chi connectivity index (χ0) is 15.1. The lowest BCUT2D eigenvalue weighted by Gasteiger charge is -2.02. The van der Waals surface area contributed by atoms with Gasteiger partial charge in [0, 0.05) is 40.3 Å². The van der Waals surface area contributed by atoms with Crippen LogP contribution in [0.5, 0.6) is 0 Å². The Morgan fingerprint density at radius 1 is 1.24 bits per heavy atom. The quantitative estimate of drug-likeness (QED) is 0.578. The Morgan fingerprint density at radius 3 is 2.71 bits per heavy atom. The molecule has 0 saturated heterocycles. The highest BCUT2D eigenvalue weighted by Gasteiger charge is 2.17. The SMILES string of the molecule is Cn1cc(C(=O)c2ccc(N)c(F)c2)c2ccc(Cl)cc21. The summed E-state index contributed by atoms with van der Waals surface area (Å²) in [5.41, 5.74) is 7.08. The van der Waals surface area contributed by atoms with Crippen LogP contribution in [0.25, 0.3) is 10.9 Å². The van der Waals surface area contributed by atoms with Gasteiger partial charge in [-0.05, 0) is 30.3 Å². The minimum absolute atomic E-state index is 0.0243. The second-order valence-corrected chi connectivity index (χ2v) is 5.32. The first-order chi connectivity index (χ1) is 9.97. The van der Waals surface area contributed by atoms with Crippen molar-refractivity contribution in [1.82, 2.24) is 4.57 Å². The second kappa shape index (κ2) is 4.90. The van der Waals surface area contributed by atoms with Crippen LogP contribution in [0, 0.1) is 5.82 Å². The molecule has 0 atom stereocenters. The summed E-state index contributed by atoms with van der Waals surface area (Å²) in [5.74, 6) is -0.842. The van der Waals surface area contributed by atoms with Gasteiger partial charge >= 0.3 is 0 Å². The minimum atomic E-state index is -0.593. The van der Waals surface area contributed by atoms with E-state index in [2.05, 4.69) is 0 Å². The van der Waals surface area contributed by atoms with Gasteiger partial charge in [0.1, 0.15) is 5.82 Å². The molecule has 3 rings (SSSR count). The van der Waals surface area contributed by atoms with E-state index in [9.17, 15) is 9.18 Å². The largest absolute Gasteiger partial charge is 0.396 e. The smallest absolute Gasteiger partial charge is 0.195 e. The molecule has 0 bridgehead atoms. The van der Waals surface area contributed by atoms with E-state index < -0.39 is 5.82 Å². The Balaban J connectivity index is 2.15. The van der Waals surface area contributed by atoms with Gasteiger partial charge in [0.2, 0.25) is 0 Å². The first kappa shape index (κ1) is 13.6. The molecular formula is C16H12ClFN2O. The van der Waals surface area contributed by atoms with Crippen molar-refractivity contribution in [3.63, 3.8) is 0 Å². The van der Waals surface area contributed by atoms with Crippen molar-refractivity contribution in [2.24, 2.45) is 7.05 Å². The molecule has 1 heterocycles. The highest BCUT2D eigenvalue weighted by atomic mass is 35.5. The number of aromatic nitrogens is 1. The van der Waals surface area contributed by atoms with E-state index in [1.165, 1.54) is 12.1 Å². The molecule has 0 amide bonds. The fourth-order valence-corrected chi connectivity index (χ4v) is 2.53. The Bertz CT molecular complexity index is 870. The molecule has 0 aliphatic carbocycles. The second-order valence-electron chi connectivity index (χ2n) is 4.88. The first-order valence-electron chi connectivity index (χ1n) is 6.31. The maximum Gasteiger partial charge on any atom is 0.195 e. The van der Waals surface area contributed by atoms with Crippen molar-refractivity contribution < 1.29 is 9.18 Å². The van der Waals surface area contributed by atoms with Crippen molar-refractivity contribution in [3.05, 3.63) is 64.6 Å². The van der Waals surface area contributed by atoms with Crippen LogP contribution in [-0.2, 0) is 7.05 Å². The number of rotatable bonds is 2. The number of carbonyl (C=O) groups excluding carboxylic acids is 1. The van der Waals surface area contributed by atoms with Gasteiger partial charge < -0.3 is 10.3 Å². The van der Waals surface area contributed by atoms with E-state index in [0.29, 0.717) is 10.6 Å². The van der Waals surface area contributed by atoms with Crippen molar-refractivity contribution in [2.75, 3.05) is 5.73 Å². The number of carbonyl (C=O) groups is 1. The number of nitrogens with zero attached hydrogens (tertiary/aromatic N) is 1. The number of aryl methyl sites for hydroxylation is 1. The number of hydrogen-bond acceptors (Lipinski definition) is 2. The van der Waals surface area contributed by atoms with Crippen molar-refractivity contribution in [2.45, 2.75) is 0 Å². The Morgan fingerprint density at radius 2 is 2.00 bits per heavy atom. The molecule has 0 fully saturated rings. The van der Waals surface area contributed by atoms with Gasteiger partial charge in [-0.1, -0.05) is 17.7 Å². The predicted molar refractivity (Wildman–Crippen MR) is 82.2 cm³/mol. The van der Waals surface area contributed by atoms with E-state index in [-0.39, 0.29) is 17.0 Å². The number of benzene rings is 2. The Hall–Kier alpha value is -2.33. The molecule has 21 heavy (non-hydrogen) atoms. The lowest BCUT2D eigenvalue weighted by molar-refractivity contribution is 0.103. The number of nitrogen functional groups attached to an aromatic ring is 1. The predicted octanol–water partition coefficient (Wildman–Crippen LogP) is 3.78. The zero-order valence-corrected chi connectivity index (χ0v) is 12.0. The molecule has 5 heteroatoms. The molecular weight excluding hydrogens is 291 g/mol. The van der Waals surface area contributed by atoms with Gasteiger partial charge in [0.05, 0.1) is 5.69 Å². The fourth-order valence-electron chi connectivity index (χ4n) is 2.36. The summed E-state index contributed by atoms with van der Waals surface area (Å²) in [6, 6.07) is 9.38. The number of nitrogens with two attached hydrogens (primary N) is 1. The van der Waals surface area contributed by atoms with E-state index in [1.54, 1.807) is 24.4 Å². The summed E-state index contributed by atoms with van der Waals surface area (Å²) < 4.78 is 15.3. The molecule has 0 aliphatic rings. The summed E-state index contributed by atoms with van der Waals surface area (Å²) >= 11 is 5.97. The Kier molecular flexibility index (Phi) is 3.18. The average Bonchev–Trinajstić information content (AvgIpc) is 2.78. The van der Waals surface area contributed by atoms with Gasteiger partial charge in [-0.15, -0.1) is 0 Å². The number of fused-ring (bicyclic) bond motifs is 1. The van der Waals surface area contributed by atoms with E-state index >= 15 is 0 Å². The van der Waals surface area contributed by atoms with Gasteiger partial charge in [0.25, 0.3) is 0 Å². The van der Waals surface area contributed by atoms with Crippen LogP contribution in [-0.4, -0.2) is 10.4 Å². The average molecular weight is 303 g/mol. The first-order valence-corrected chi connectivity index (χ1v) is 6.69. The molecule has 3 nitrogen and oxygen atoms in total. The molecule has 0 spiro atoms. The van der Waals surface area contributed by atoms with Crippen LogP contribution in [0.3, 0.4) is 0 Å². The lowest BCUT2D eigenvalue weighted by Crippen LogP contribution is -2.02. The zero-order valence-electron chi connectivity index (χ0n) is 11.2. The van der Waals surface area contributed by atoms with Gasteiger partial charge in [-0.25, -0.2) is 4.39 Å². The summed E-state index contributed by atoms with van der Waals surface area (Å²) in [6.07, 6.45) is 1.72. The fraction of sp³-hybridized carbons (Fsp3) is 0.0625. The van der Waals surface area contributed by atoms with Crippen molar-refractivity contribution in [3.8, 4) is 0 Å². The molecule has 3 aromatic rings. The van der Waals surface area contributed by atoms with Crippen LogP contribution in [0.15, 0.2) is 42.6 Å². The molecule has 1 aromatic heterocycles. The molecule has 2 aromatic carbocycles. The third-order valence-corrected chi connectivity index (χ3v) is 3.70. The number of anilines is 1.